The van der Waals surface area contributed by atoms with E-state index >= 15 is 0 Å². The average molecular weight is 379 g/mol. The summed E-state index contributed by atoms with van der Waals surface area (Å²) in [6.45, 7) is 2.02. The van der Waals surface area contributed by atoms with Gasteiger partial charge >= 0.3 is 147 Å². The summed E-state index contributed by atoms with van der Waals surface area (Å²) in [7, 11) is 2.08. The summed E-state index contributed by atoms with van der Waals surface area (Å²) in [5, 5.41) is 0. The molecule has 0 saturated heterocycles. The summed E-state index contributed by atoms with van der Waals surface area (Å²) < 4.78 is 2.63. The van der Waals surface area contributed by atoms with Crippen molar-refractivity contribution in [1.29, 1.82) is 0 Å². The Hall–Kier alpha value is -2.42. The number of carbonyl (C=O) groups is 1. The summed E-state index contributed by atoms with van der Waals surface area (Å²) in [5.74, 6) is -0.00119. The van der Waals surface area contributed by atoms with Gasteiger partial charge in [-0.05, 0) is 0 Å². The van der Waals surface area contributed by atoms with Gasteiger partial charge in [-0.2, -0.15) is 0 Å². The number of nitrogens with zero attached hydrogens (tertiary/aromatic N) is 2. The van der Waals surface area contributed by atoms with E-state index in [-0.39, 0.29) is 20.7 Å². The summed E-state index contributed by atoms with van der Waals surface area (Å²) in [6, 6.07) is 12.3. The molecule has 0 N–H and O–H groups in total. The Balaban J connectivity index is 1.69. The van der Waals surface area contributed by atoms with Crippen LogP contribution in [0.25, 0.3) is 5.57 Å². The van der Waals surface area contributed by atoms with Gasteiger partial charge in [0.05, 0.1) is 0 Å². The first-order valence-corrected chi connectivity index (χ1v) is 9.47. The number of allylic oxidation sites excluding steroid dienone is 5. The Morgan fingerprint density at radius 1 is 1.12 bits per heavy atom. The molecule has 24 heavy (non-hydrogen) atoms. The monoisotopic (exact) mass is 380 g/mol. The number of para-hydroxylation sites is 1. The zero-order valence-electron chi connectivity index (χ0n) is 13.5. The Morgan fingerprint density at radius 2 is 1.96 bits per heavy atom. The van der Waals surface area contributed by atoms with Crippen molar-refractivity contribution < 1.29 is 4.79 Å². The molecule has 2 aromatic rings. The van der Waals surface area contributed by atoms with E-state index < -0.39 is 0 Å². The van der Waals surface area contributed by atoms with Crippen LogP contribution in [0.5, 0.6) is 0 Å². The van der Waals surface area contributed by atoms with Gasteiger partial charge in [0.25, 0.3) is 0 Å². The van der Waals surface area contributed by atoms with Crippen LogP contribution in [0, 0.1) is 0 Å². The molecule has 1 aliphatic carbocycles. The van der Waals surface area contributed by atoms with Gasteiger partial charge in [0.15, 0.2) is 0 Å². The molecule has 0 unspecified atom stereocenters. The van der Waals surface area contributed by atoms with Gasteiger partial charge in [-0.25, -0.2) is 0 Å². The number of hydrogen-bond acceptors (Lipinski definition) is 3. The van der Waals surface area contributed by atoms with Gasteiger partial charge in [0.1, 0.15) is 0 Å². The Bertz CT molecular complexity index is 940. The number of benzene rings is 1. The van der Waals surface area contributed by atoms with Crippen LogP contribution in [-0.2, 0) is 0 Å². The van der Waals surface area contributed by atoms with Crippen molar-refractivity contribution in [2.45, 2.75) is 6.92 Å². The molecule has 4 heteroatoms. The van der Waals surface area contributed by atoms with E-state index in [0.717, 1.165) is 11.1 Å². The molecule has 2 aliphatic rings. The molecule has 2 heterocycles. The summed E-state index contributed by atoms with van der Waals surface area (Å²) in [5.41, 5.74) is 4.52. The number of rotatable bonds is 1. The second-order valence-corrected chi connectivity index (χ2v) is 8.04. The second-order valence-electron chi connectivity index (χ2n) is 5.81. The van der Waals surface area contributed by atoms with E-state index in [4.69, 9.17) is 0 Å². The summed E-state index contributed by atoms with van der Waals surface area (Å²) in [6.07, 6.45) is 7.64. The molecule has 4 rings (SSSR count). The molecule has 0 atom stereocenters. The molecular formula is C20H16N2OSe. The maximum atomic E-state index is 12.7. The zero-order valence-corrected chi connectivity index (χ0v) is 15.2. The van der Waals surface area contributed by atoms with Gasteiger partial charge in [-0.3, -0.25) is 0 Å². The fourth-order valence-corrected chi connectivity index (χ4v) is 5.18. The minimum atomic E-state index is -0.00119. The Morgan fingerprint density at radius 3 is 2.79 bits per heavy atom. The molecule has 0 saturated carbocycles. The van der Waals surface area contributed by atoms with Crippen LogP contribution in [-0.4, -0.2) is 32.8 Å². The fraction of sp³-hybridized carbons (Fsp3) is 0.100. The van der Waals surface area contributed by atoms with Crippen LogP contribution < -0.4 is 9.36 Å². The van der Waals surface area contributed by atoms with Crippen molar-refractivity contribution in [2.75, 3.05) is 11.9 Å². The molecule has 118 valence electrons. The van der Waals surface area contributed by atoms with Crippen molar-refractivity contribution in [3.63, 3.8) is 0 Å². The zero-order chi connectivity index (χ0) is 16.7. The van der Waals surface area contributed by atoms with E-state index in [9.17, 15) is 4.79 Å². The molecule has 0 fully saturated rings. The Kier molecular flexibility index (Phi) is 3.72. The summed E-state index contributed by atoms with van der Waals surface area (Å²) >= 11 is 0.273. The number of Topliss-reactive ketones (excluding diaryl/α,β-unsaturated/α-hetero) is 1. The predicted molar refractivity (Wildman–Crippen MR) is 98.6 cm³/mol. The van der Waals surface area contributed by atoms with Crippen LogP contribution in [0.15, 0.2) is 71.0 Å². The maximum absolute atomic E-state index is 12.7. The number of anilines is 1. The van der Waals surface area contributed by atoms with E-state index in [2.05, 4.69) is 47.3 Å². The minimum absolute atomic E-state index is 0.00119. The molecular weight excluding hydrogens is 363 g/mol. The predicted octanol–water partition coefficient (Wildman–Crippen LogP) is 2.93. The number of pyridine rings is 1. The third kappa shape index (κ3) is 2.44. The number of ketones is 1. The topological polar surface area (TPSA) is 33.2 Å². The number of hydrogen-bond donors (Lipinski definition) is 0. The summed E-state index contributed by atoms with van der Waals surface area (Å²) in [4.78, 5) is 19.1. The van der Waals surface area contributed by atoms with Crippen LogP contribution in [0.1, 0.15) is 23.0 Å². The SMILES string of the molecule is CC1=C/C(=C\C=C2\[Se]c3ccccc3N2C)C(=O)c2ncccc21. The standard InChI is InChI=1S/C20H16N2OSe/c1-13-12-14(20(23)19-15(13)6-5-11-21-19)9-10-18-22(2)16-7-3-4-8-17(16)24-18/h3-12H,1-2H3/b14-9+,18-10+. The molecule has 3 nitrogen and oxygen atoms in total. The van der Waals surface area contributed by atoms with Crippen LogP contribution in [0.3, 0.4) is 0 Å². The quantitative estimate of drug-likeness (QED) is 0.564. The molecule has 1 aromatic heterocycles. The van der Waals surface area contributed by atoms with E-state index in [0.29, 0.717) is 11.3 Å². The van der Waals surface area contributed by atoms with Gasteiger partial charge in [0, 0.05) is 0 Å². The molecule has 0 radical (unpaired) electrons. The molecule has 0 spiro atoms. The molecule has 1 aromatic carbocycles. The van der Waals surface area contributed by atoms with Gasteiger partial charge in [-0.1, -0.05) is 0 Å². The average Bonchev–Trinajstić information content (AvgIpc) is 2.93. The van der Waals surface area contributed by atoms with E-state index in [1.54, 1.807) is 6.20 Å². The van der Waals surface area contributed by atoms with Crippen LogP contribution in [0.4, 0.5) is 5.69 Å². The van der Waals surface area contributed by atoms with E-state index in [1.165, 1.54) is 14.7 Å². The third-order valence-corrected chi connectivity index (χ3v) is 6.74. The van der Waals surface area contributed by atoms with Gasteiger partial charge in [-0.15, -0.1) is 0 Å². The Labute approximate surface area is 147 Å². The number of aromatic nitrogens is 1. The van der Waals surface area contributed by atoms with E-state index in [1.807, 2.05) is 31.2 Å². The van der Waals surface area contributed by atoms with Crippen molar-refractivity contribution in [2.24, 2.45) is 0 Å². The van der Waals surface area contributed by atoms with Gasteiger partial charge < -0.3 is 0 Å². The van der Waals surface area contributed by atoms with Gasteiger partial charge in [0.2, 0.25) is 0 Å². The third-order valence-electron chi connectivity index (χ3n) is 4.26. The molecule has 0 amide bonds. The first kappa shape index (κ1) is 15.1. The first-order chi connectivity index (χ1) is 11.6. The molecule has 1 aliphatic heterocycles. The van der Waals surface area contributed by atoms with Crippen LogP contribution in [0.2, 0.25) is 0 Å². The van der Waals surface area contributed by atoms with Crippen LogP contribution >= 0.6 is 0 Å². The van der Waals surface area contributed by atoms with Crippen molar-refractivity contribution in [1.82, 2.24) is 4.98 Å². The fourth-order valence-electron chi connectivity index (χ4n) is 2.97. The first-order valence-electron chi connectivity index (χ1n) is 7.76. The second kappa shape index (κ2) is 5.90. The number of carbonyl (C=O) groups excluding carboxylic acids is 1. The molecule has 0 bridgehead atoms. The van der Waals surface area contributed by atoms with Crippen molar-refractivity contribution in [3.8, 4) is 0 Å². The van der Waals surface area contributed by atoms with Crippen molar-refractivity contribution >= 4 is 36.5 Å². The number of fused-ring (bicyclic) bond motifs is 2. The van der Waals surface area contributed by atoms with Crippen molar-refractivity contribution in [3.05, 3.63) is 82.2 Å². The normalized spacial score (nSPS) is 19.5.